The molecule has 8 nitrogen and oxygen atoms in total. The van der Waals surface area contributed by atoms with Crippen molar-refractivity contribution in [1.29, 1.82) is 0 Å². The van der Waals surface area contributed by atoms with Crippen molar-refractivity contribution in [2.75, 3.05) is 12.0 Å². The number of benzene rings is 3. The van der Waals surface area contributed by atoms with Crippen LogP contribution in [-0.2, 0) is 24.6 Å². The number of hydrazine groups is 1. The van der Waals surface area contributed by atoms with Gasteiger partial charge in [0.2, 0.25) is 11.8 Å². The number of rotatable bonds is 6. The summed E-state index contributed by atoms with van der Waals surface area (Å²) in [6, 6.07) is 15.6. The van der Waals surface area contributed by atoms with E-state index in [1.807, 2.05) is 13.0 Å². The second kappa shape index (κ2) is 11.0. The summed E-state index contributed by atoms with van der Waals surface area (Å²) in [4.78, 5) is 58.0. The number of phenolic OH excluding ortho intramolecular Hbond substituents is 1. The quantitative estimate of drug-likeness (QED) is 0.262. The largest absolute Gasteiger partial charge is 0.505 e. The van der Waals surface area contributed by atoms with Gasteiger partial charge < -0.3 is 5.11 Å². The van der Waals surface area contributed by atoms with Gasteiger partial charge in [-0.25, -0.2) is 8.78 Å². The van der Waals surface area contributed by atoms with Crippen LogP contribution in [0.2, 0.25) is 5.02 Å². The Morgan fingerprint density at radius 1 is 0.935 bits per heavy atom. The van der Waals surface area contributed by atoms with Gasteiger partial charge in [-0.2, -0.15) is 5.01 Å². The number of halogens is 3. The summed E-state index contributed by atoms with van der Waals surface area (Å²) < 4.78 is 28.8. The summed E-state index contributed by atoms with van der Waals surface area (Å²) in [7, 11) is 0. The number of nitrogens with one attached hydrogen (secondary N) is 1. The summed E-state index contributed by atoms with van der Waals surface area (Å²) in [6.07, 6.45) is 2.80. The minimum Gasteiger partial charge on any atom is -0.505 e. The van der Waals surface area contributed by atoms with Crippen molar-refractivity contribution in [3.63, 3.8) is 0 Å². The molecule has 0 spiro atoms. The normalized spacial score (nSPS) is 28.6. The van der Waals surface area contributed by atoms with E-state index >= 15 is 4.39 Å². The Bertz CT molecular complexity index is 1810. The molecule has 0 aromatic heterocycles. The molecule has 3 aromatic rings. The van der Waals surface area contributed by atoms with Crippen molar-refractivity contribution in [3.8, 4) is 5.75 Å². The molecule has 2 N–H and O–H groups in total. The third-order valence-electron chi connectivity index (χ3n) is 10.1. The molecular formula is C35H30ClF2N3O5. The lowest BCUT2D eigenvalue weighted by Gasteiger charge is -2.50. The first-order chi connectivity index (χ1) is 22.1. The van der Waals surface area contributed by atoms with Crippen LogP contribution in [0.1, 0.15) is 43.2 Å². The first kappa shape index (κ1) is 30.1. The van der Waals surface area contributed by atoms with Crippen LogP contribution in [-0.4, -0.2) is 45.2 Å². The average molecular weight is 646 g/mol. The second-order valence-electron chi connectivity index (χ2n) is 12.4. The summed E-state index contributed by atoms with van der Waals surface area (Å²) in [6.45, 7) is 2.17. The van der Waals surface area contributed by atoms with Gasteiger partial charge in [0, 0.05) is 17.5 Å². The molecule has 2 aliphatic carbocycles. The van der Waals surface area contributed by atoms with E-state index in [0.29, 0.717) is 33.8 Å². The number of fused-ring (bicyclic) bond motifs is 4. The van der Waals surface area contributed by atoms with Gasteiger partial charge in [0.05, 0.1) is 28.9 Å². The molecule has 1 saturated carbocycles. The van der Waals surface area contributed by atoms with Crippen LogP contribution in [0.5, 0.6) is 5.75 Å². The smallest absolute Gasteiger partial charge is 0.260 e. The minimum atomic E-state index is -1.62. The SMILES string of the molecule is CCCN1C(=O)C2CC=C3C(CC4C(=O)N(Nc5ccc(F)cc5)C(=O)C4(c4ccc(Cl)cc4)C3c3ccc(O)c(F)c3)C2C1=O. The van der Waals surface area contributed by atoms with Gasteiger partial charge in [0.15, 0.2) is 11.6 Å². The first-order valence-corrected chi connectivity index (χ1v) is 15.7. The van der Waals surface area contributed by atoms with Crippen molar-refractivity contribution < 1.29 is 33.1 Å². The molecular weight excluding hydrogens is 616 g/mol. The third-order valence-corrected chi connectivity index (χ3v) is 10.4. The molecule has 4 amide bonds. The van der Waals surface area contributed by atoms with E-state index in [1.165, 1.54) is 41.3 Å². The molecule has 46 heavy (non-hydrogen) atoms. The number of imide groups is 2. The predicted octanol–water partition coefficient (Wildman–Crippen LogP) is 5.72. The van der Waals surface area contributed by atoms with Crippen LogP contribution in [0.4, 0.5) is 14.5 Å². The van der Waals surface area contributed by atoms with Crippen LogP contribution >= 0.6 is 11.6 Å². The number of carbonyl (C=O) groups is 4. The number of nitrogens with zero attached hydrogens (tertiary/aromatic N) is 2. The van der Waals surface area contributed by atoms with E-state index in [9.17, 15) is 28.7 Å². The first-order valence-electron chi connectivity index (χ1n) is 15.3. The maximum absolute atomic E-state index is 15.1. The van der Waals surface area contributed by atoms with Gasteiger partial charge in [-0.15, -0.1) is 0 Å². The van der Waals surface area contributed by atoms with Crippen LogP contribution in [0, 0.1) is 35.3 Å². The summed E-state index contributed by atoms with van der Waals surface area (Å²) >= 11 is 6.27. The lowest BCUT2D eigenvalue weighted by Crippen LogP contribution is -2.53. The van der Waals surface area contributed by atoms with E-state index in [1.54, 1.807) is 24.3 Å². The fourth-order valence-electron chi connectivity index (χ4n) is 8.24. The van der Waals surface area contributed by atoms with Crippen LogP contribution in [0.15, 0.2) is 78.4 Å². The van der Waals surface area contributed by atoms with Crippen molar-refractivity contribution in [3.05, 3.63) is 106 Å². The highest BCUT2D eigenvalue weighted by atomic mass is 35.5. The Hall–Kier alpha value is -4.57. The Kier molecular flexibility index (Phi) is 7.23. The zero-order valence-electron chi connectivity index (χ0n) is 24.8. The maximum atomic E-state index is 15.1. The fraction of sp³-hybridized carbons (Fsp3) is 0.314. The zero-order valence-corrected chi connectivity index (χ0v) is 25.5. The van der Waals surface area contributed by atoms with Crippen molar-refractivity contribution >= 4 is 40.9 Å². The molecule has 6 atom stereocenters. The molecule has 6 unspecified atom stereocenters. The Balaban J connectivity index is 1.45. The lowest BCUT2D eigenvalue weighted by atomic mass is 9.49. The molecule has 7 rings (SSSR count). The zero-order chi connectivity index (χ0) is 32.5. The van der Waals surface area contributed by atoms with Gasteiger partial charge in [-0.3, -0.25) is 29.5 Å². The van der Waals surface area contributed by atoms with Crippen molar-refractivity contribution in [2.45, 2.75) is 37.5 Å². The summed E-state index contributed by atoms with van der Waals surface area (Å²) in [5.74, 6) is -7.65. The molecule has 0 bridgehead atoms. The lowest BCUT2D eigenvalue weighted by molar-refractivity contribution is -0.141. The summed E-state index contributed by atoms with van der Waals surface area (Å²) in [5, 5.41) is 11.4. The maximum Gasteiger partial charge on any atom is 0.260 e. The Labute approximate surface area is 268 Å². The number of phenols is 1. The van der Waals surface area contributed by atoms with Gasteiger partial charge in [-0.05, 0) is 84.8 Å². The topological polar surface area (TPSA) is 107 Å². The fourth-order valence-corrected chi connectivity index (χ4v) is 8.37. The van der Waals surface area contributed by atoms with Crippen LogP contribution in [0.3, 0.4) is 0 Å². The van der Waals surface area contributed by atoms with E-state index < -0.39 is 64.2 Å². The van der Waals surface area contributed by atoms with Gasteiger partial charge >= 0.3 is 0 Å². The van der Waals surface area contributed by atoms with Crippen LogP contribution < -0.4 is 5.43 Å². The van der Waals surface area contributed by atoms with Crippen molar-refractivity contribution in [1.82, 2.24) is 9.91 Å². The monoisotopic (exact) mass is 645 g/mol. The molecule has 0 radical (unpaired) electrons. The molecule has 3 aromatic carbocycles. The van der Waals surface area contributed by atoms with E-state index in [0.717, 1.165) is 11.1 Å². The molecule has 236 valence electrons. The number of carbonyl (C=O) groups excluding carboxylic acids is 4. The highest BCUT2D eigenvalue weighted by Gasteiger charge is 2.70. The van der Waals surface area contributed by atoms with E-state index in [4.69, 9.17) is 11.6 Å². The van der Waals surface area contributed by atoms with E-state index in [2.05, 4.69) is 5.43 Å². The molecule has 3 fully saturated rings. The molecule has 2 saturated heterocycles. The Morgan fingerprint density at radius 3 is 2.33 bits per heavy atom. The summed E-state index contributed by atoms with van der Waals surface area (Å²) in [5.41, 5.74) is 3.00. The second-order valence-corrected chi connectivity index (χ2v) is 12.8. The number of hydrogen-bond donors (Lipinski definition) is 2. The highest BCUT2D eigenvalue weighted by Crippen LogP contribution is 2.64. The number of aromatic hydroxyl groups is 1. The third kappa shape index (κ3) is 4.30. The minimum absolute atomic E-state index is 0.0812. The molecule has 2 heterocycles. The number of anilines is 1. The van der Waals surface area contributed by atoms with Gasteiger partial charge in [-0.1, -0.05) is 48.4 Å². The number of allylic oxidation sites excluding steroid dienone is 2. The van der Waals surface area contributed by atoms with Gasteiger partial charge in [0.25, 0.3) is 11.8 Å². The number of hydrogen-bond acceptors (Lipinski definition) is 6. The van der Waals surface area contributed by atoms with Gasteiger partial charge in [0.1, 0.15) is 5.82 Å². The Morgan fingerprint density at radius 2 is 1.65 bits per heavy atom. The van der Waals surface area contributed by atoms with Crippen molar-refractivity contribution in [2.24, 2.45) is 23.7 Å². The standard InChI is InChI=1S/C35H30ClF2N3O5/c1-2-15-40-31(43)24-13-12-23-25(29(24)33(40)45)17-26-32(44)41(39-22-10-8-21(37)9-11-22)34(46)35(26,19-4-6-20(36)7-5-19)30(23)18-3-14-28(42)27(38)16-18/h3-12,14,16,24-26,29-30,39,42H,2,13,15,17H2,1H3. The predicted molar refractivity (Wildman–Crippen MR) is 164 cm³/mol. The van der Waals surface area contributed by atoms with E-state index in [-0.39, 0.29) is 31.2 Å². The molecule has 2 aliphatic heterocycles. The molecule has 4 aliphatic rings. The highest BCUT2D eigenvalue weighted by molar-refractivity contribution is 6.30. The van der Waals surface area contributed by atoms with Crippen LogP contribution in [0.25, 0.3) is 0 Å². The molecule has 11 heteroatoms. The average Bonchev–Trinajstić information content (AvgIpc) is 3.41. The number of amides is 4. The number of likely N-dealkylation sites (tertiary alicyclic amines) is 1.